The largest absolute Gasteiger partial charge is 0.508 e. The maximum atomic E-state index is 11.5. The summed E-state index contributed by atoms with van der Waals surface area (Å²) in [5.74, 6) is -0.840. The van der Waals surface area contributed by atoms with Crippen molar-refractivity contribution in [2.75, 3.05) is 7.11 Å². The molecular weight excluding hydrogens is 258 g/mol. The summed E-state index contributed by atoms with van der Waals surface area (Å²) >= 11 is 5.93. The Labute approximate surface area is 110 Å². The summed E-state index contributed by atoms with van der Waals surface area (Å²) in [4.78, 5) is 22.5. The van der Waals surface area contributed by atoms with E-state index in [1.165, 1.54) is 26.2 Å². The average molecular weight is 272 g/mol. The summed E-state index contributed by atoms with van der Waals surface area (Å²) in [7, 11) is 1.25. The molecule has 0 aliphatic heterocycles. The maximum absolute atomic E-state index is 11.5. The van der Waals surface area contributed by atoms with Crippen LogP contribution in [0.3, 0.4) is 0 Å². The summed E-state index contributed by atoms with van der Waals surface area (Å²) in [5, 5.41) is 12.0. The minimum atomic E-state index is -0.797. The lowest BCUT2D eigenvalue weighted by Gasteiger charge is -2.16. The number of rotatable bonds is 4. The third-order valence-corrected chi connectivity index (χ3v) is 2.68. The number of phenols is 1. The molecule has 1 atom stereocenters. The number of amides is 1. The van der Waals surface area contributed by atoms with Crippen molar-refractivity contribution in [1.29, 1.82) is 0 Å². The zero-order valence-corrected chi connectivity index (χ0v) is 10.8. The van der Waals surface area contributed by atoms with Crippen LogP contribution in [-0.4, -0.2) is 30.1 Å². The number of aromatic hydroxyl groups is 1. The molecule has 98 valence electrons. The molecule has 2 N–H and O–H groups in total. The van der Waals surface area contributed by atoms with E-state index in [0.717, 1.165) is 0 Å². The summed E-state index contributed by atoms with van der Waals surface area (Å²) in [6.45, 7) is 1.31. The number of hydrogen-bond acceptors (Lipinski definition) is 4. The first-order valence-corrected chi connectivity index (χ1v) is 5.64. The molecule has 0 aromatic heterocycles. The summed E-state index contributed by atoms with van der Waals surface area (Å²) in [6.07, 6.45) is 0.200. The van der Waals surface area contributed by atoms with Gasteiger partial charge < -0.3 is 15.2 Å². The number of methoxy groups -OCH3 is 1. The molecule has 0 aliphatic rings. The van der Waals surface area contributed by atoms with E-state index in [9.17, 15) is 14.7 Å². The van der Waals surface area contributed by atoms with E-state index in [0.29, 0.717) is 10.6 Å². The zero-order valence-electron chi connectivity index (χ0n) is 10.1. The summed E-state index contributed by atoms with van der Waals surface area (Å²) < 4.78 is 4.60. The van der Waals surface area contributed by atoms with Crippen LogP contribution < -0.4 is 5.32 Å². The van der Waals surface area contributed by atoms with Gasteiger partial charge in [0.1, 0.15) is 11.8 Å². The van der Waals surface area contributed by atoms with Gasteiger partial charge in [0, 0.05) is 18.4 Å². The molecule has 1 rings (SSSR count). The van der Waals surface area contributed by atoms with Gasteiger partial charge in [-0.1, -0.05) is 17.7 Å². The standard InChI is InChI=1S/C12H14ClNO4/c1-7(15)14-11(12(17)18-2)5-8-3-4-9(16)6-10(8)13/h3-4,6,11,16H,5H2,1-2H3,(H,14,15)/t11-/m0/s1. The first-order chi connectivity index (χ1) is 8.43. The Kier molecular flexibility index (Phi) is 4.97. The number of carbonyl (C=O) groups excluding carboxylic acids is 2. The number of carbonyl (C=O) groups is 2. The SMILES string of the molecule is COC(=O)[C@H](Cc1ccc(O)cc1Cl)NC(C)=O. The zero-order chi connectivity index (χ0) is 13.7. The second-order valence-corrected chi connectivity index (χ2v) is 4.16. The van der Waals surface area contributed by atoms with E-state index in [1.54, 1.807) is 6.07 Å². The fraction of sp³-hybridized carbons (Fsp3) is 0.333. The number of ether oxygens (including phenoxy) is 1. The van der Waals surface area contributed by atoms with Gasteiger partial charge in [-0.15, -0.1) is 0 Å². The van der Waals surface area contributed by atoms with Crippen molar-refractivity contribution in [1.82, 2.24) is 5.32 Å². The van der Waals surface area contributed by atoms with Crippen LogP contribution in [0.15, 0.2) is 18.2 Å². The number of phenolic OH excluding ortho intramolecular Hbond substituents is 1. The first-order valence-electron chi connectivity index (χ1n) is 5.26. The highest BCUT2D eigenvalue weighted by Crippen LogP contribution is 2.22. The molecule has 0 spiro atoms. The van der Waals surface area contributed by atoms with E-state index in [1.807, 2.05) is 0 Å². The topological polar surface area (TPSA) is 75.6 Å². The van der Waals surface area contributed by atoms with Crippen molar-refractivity contribution in [2.45, 2.75) is 19.4 Å². The van der Waals surface area contributed by atoms with Gasteiger partial charge in [0.2, 0.25) is 5.91 Å². The first kappa shape index (κ1) is 14.3. The molecule has 0 heterocycles. The molecule has 6 heteroatoms. The smallest absolute Gasteiger partial charge is 0.328 e. The molecule has 1 amide bonds. The molecule has 0 saturated heterocycles. The molecule has 5 nitrogen and oxygen atoms in total. The molecular formula is C12H14ClNO4. The second kappa shape index (κ2) is 6.26. The normalized spacial score (nSPS) is 11.7. The Morgan fingerprint density at radius 3 is 2.67 bits per heavy atom. The quantitative estimate of drug-likeness (QED) is 0.809. The fourth-order valence-corrected chi connectivity index (χ4v) is 1.75. The third-order valence-electron chi connectivity index (χ3n) is 2.32. The van der Waals surface area contributed by atoms with Crippen molar-refractivity contribution >= 4 is 23.5 Å². The number of nitrogens with one attached hydrogen (secondary N) is 1. The second-order valence-electron chi connectivity index (χ2n) is 3.76. The molecule has 0 saturated carbocycles. The lowest BCUT2D eigenvalue weighted by molar-refractivity contribution is -0.144. The number of halogens is 1. The van der Waals surface area contributed by atoms with E-state index in [2.05, 4.69) is 10.1 Å². The Morgan fingerprint density at radius 2 is 2.17 bits per heavy atom. The minimum Gasteiger partial charge on any atom is -0.508 e. The van der Waals surface area contributed by atoms with E-state index in [4.69, 9.17) is 11.6 Å². The third kappa shape index (κ3) is 3.92. The monoisotopic (exact) mass is 271 g/mol. The van der Waals surface area contributed by atoms with Gasteiger partial charge >= 0.3 is 5.97 Å². The van der Waals surface area contributed by atoms with Gasteiger partial charge in [-0.25, -0.2) is 4.79 Å². The average Bonchev–Trinajstić information content (AvgIpc) is 2.30. The van der Waals surface area contributed by atoms with Crippen LogP contribution in [0.5, 0.6) is 5.75 Å². The van der Waals surface area contributed by atoms with Crippen molar-refractivity contribution in [3.05, 3.63) is 28.8 Å². The van der Waals surface area contributed by atoms with Crippen molar-refractivity contribution < 1.29 is 19.4 Å². The van der Waals surface area contributed by atoms with E-state index < -0.39 is 12.0 Å². The molecule has 1 aromatic carbocycles. The number of benzene rings is 1. The van der Waals surface area contributed by atoms with Gasteiger partial charge in [0.15, 0.2) is 0 Å². The molecule has 0 radical (unpaired) electrons. The van der Waals surface area contributed by atoms with Crippen LogP contribution in [-0.2, 0) is 20.7 Å². The van der Waals surface area contributed by atoms with Gasteiger partial charge in [0.25, 0.3) is 0 Å². The Balaban J connectivity index is 2.88. The highest BCUT2D eigenvalue weighted by Gasteiger charge is 2.21. The minimum absolute atomic E-state index is 0.0397. The number of hydrogen-bond donors (Lipinski definition) is 2. The molecule has 1 aromatic rings. The summed E-state index contributed by atoms with van der Waals surface area (Å²) in [5.41, 5.74) is 0.638. The van der Waals surface area contributed by atoms with Crippen molar-refractivity contribution in [2.24, 2.45) is 0 Å². The lowest BCUT2D eigenvalue weighted by Crippen LogP contribution is -2.42. The highest BCUT2D eigenvalue weighted by molar-refractivity contribution is 6.31. The maximum Gasteiger partial charge on any atom is 0.328 e. The lowest BCUT2D eigenvalue weighted by atomic mass is 10.1. The predicted molar refractivity (Wildman–Crippen MR) is 66.4 cm³/mol. The van der Waals surface area contributed by atoms with Crippen LogP contribution >= 0.6 is 11.6 Å². The van der Waals surface area contributed by atoms with Crippen LogP contribution in [0.25, 0.3) is 0 Å². The van der Waals surface area contributed by atoms with Crippen LogP contribution in [0.1, 0.15) is 12.5 Å². The molecule has 0 unspecified atom stereocenters. The fourth-order valence-electron chi connectivity index (χ4n) is 1.50. The molecule has 18 heavy (non-hydrogen) atoms. The predicted octanol–water partition coefficient (Wildman–Crippen LogP) is 1.27. The van der Waals surface area contributed by atoms with Crippen LogP contribution in [0.2, 0.25) is 5.02 Å². The van der Waals surface area contributed by atoms with Crippen molar-refractivity contribution in [3.8, 4) is 5.75 Å². The summed E-state index contributed by atoms with van der Waals surface area (Å²) in [6, 6.07) is 3.63. The molecule has 0 aliphatic carbocycles. The van der Waals surface area contributed by atoms with Crippen molar-refractivity contribution in [3.63, 3.8) is 0 Å². The Bertz CT molecular complexity index is 461. The van der Waals surface area contributed by atoms with Gasteiger partial charge in [-0.05, 0) is 17.7 Å². The Hall–Kier alpha value is -1.75. The van der Waals surface area contributed by atoms with Gasteiger partial charge in [-0.3, -0.25) is 4.79 Å². The van der Waals surface area contributed by atoms with Gasteiger partial charge in [0.05, 0.1) is 7.11 Å². The van der Waals surface area contributed by atoms with E-state index in [-0.39, 0.29) is 18.1 Å². The Morgan fingerprint density at radius 1 is 1.50 bits per heavy atom. The van der Waals surface area contributed by atoms with E-state index >= 15 is 0 Å². The molecule has 0 bridgehead atoms. The van der Waals surface area contributed by atoms with Crippen LogP contribution in [0, 0.1) is 0 Å². The number of esters is 1. The van der Waals surface area contributed by atoms with Gasteiger partial charge in [-0.2, -0.15) is 0 Å². The molecule has 0 fully saturated rings. The van der Waals surface area contributed by atoms with Crippen LogP contribution in [0.4, 0.5) is 0 Å². The highest BCUT2D eigenvalue weighted by atomic mass is 35.5.